The number of anilines is 1. The molecule has 2 heterocycles. The van der Waals surface area contributed by atoms with Gasteiger partial charge in [0.15, 0.2) is 5.17 Å². The average molecular weight is 289 g/mol. The predicted octanol–water partition coefficient (Wildman–Crippen LogP) is 2.74. The fraction of sp³-hybridized carbons (Fsp3) is 0.467. The van der Waals surface area contributed by atoms with E-state index in [1.807, 2.05) is 43.8 Å². The van der Waals surface area contributed by atoms with E-state index >= 15 is 0 Å². The molecule has 1 atom stereocenters. The first-order valence-electron chi connectivity index (χ1n) is 7.00. The molecule has 2 aliphatic rings. The molecule has 0 aromatic heterocycles. The van der Waals surface area contributed by atoms with Crippen LogP contribution in [0.15, 0.2) is 29.3 Å². The number of nitrogens with zero attached hydrogens (tertiary/aromatic N) is 2. The lowest BCUT2D eigenvalue weighted by Gasteiger charge is -2.14. The molecule has 1 aromatic carbocycles. The topological polar surface area (TPSA) is 44.7 Å². The van der Waals surface area contributed by atoms with Crippen LogP contribution >= 0.6 is 11.8 Å². The minimum absolute atomic E-state index is 0.00718. The molecule has 5 heteroatoms. The van der Waals surface area contributed by atoms with Gasteiger partial charge < -0.3 is 10.2 Å². The Labute approximate surface area is 123 Å². The number of carbonyl (C=O) groups is 1. The number of amides is 1. The summed E-state index contributed by atoms with van der Waals surface area (Å²) in [6.07, 6.45) is 0. The first-order valence-corrected chi connectivity index (χ1v) is 7.98. The normalized spacial score (nSPS) is 21.1. The Balaban J connectivity index is 1.75. The summed E-state index contributed by atoms with van der Waals surface area (Å²) in [4.78, 5) is 18.9. The van der Waals surface area contributed by atoms with Gasteiger partial charge in [-0.05, 0) is 17.7 Å². The second-order valence-corrected chi connectivity index (χ2v) is 6.55. The van der Waals surface area contributed by atoms with Crippen LogP contribution in [0.3, 0.4) is 0 Å². The first kappa shape index (κ1) is 13.5. The van der Waals surface area contributed by atoms with Crippen LogP contribution in [0.4, 0.5) is 5.69 Å². The van der Waals surface area contributed by atoms with Crippen LogP contribution in [0.2, 0.25) is 0 Å². The molecule has 1 fully saturated rings. The van der Waals surface area contributed by atoms with E-state index in [1.165, 1.54) is 10.7 Å². The summed E-state index contributed by atoms with van der Waals surface area (Å²) >= 11 is 1.84. The highest BCUT2D eigenvalue weighted by Crippen LogP contribution is 2.32. The molecule has 106 valence electrons. The fourth-order valence-corrected chi connectivity index (χ4v) is 3.44. The molecule has 1 saturated heterocycles. The van der Waals surface area contributed by atoms with Gasteiger partial charge in [-0.1, -0.05) is 37.7 Å². The van der Waals surface area contributed by atoms with Gasteiger partial charge in [-0.3, -0.25) is 9.79 Å². The molecular formula is C15H19N3OS. The van der Waals surface area contributed by atoms with Gasteiger partial charge in [-0.2, -0.15) is 0 Å². The second kappa shape index (κ2) is 5.48. The number of carbonyl (C=O) groups excluding carboxylic acids is 1. The molecular weight excluding hydrogens is 270 g/mol. The summed E-state index contributed by atoms with van der Waals surface area (Å²) in [5.74, 6) is 1.19. The molecule has 1 N–H and O–H groups in total. The SMILES string of the molecule is CC(C)C(=O)Nc1cccc(C2CN3CCSC3=N2)c1. The first-order chi connectivity index (χ1) is 9.63. The number of benzene rings is 1. The number of fused-ring (bicyclic) bond motifs is 1. The van der Waals surface area contributed by atoms with Crippen LogP contribution < -0.4 is 5.32 Å². The van der Waals surface area contributed by atoms with Gasteiger partial charge in [-0.15, -0.1) is 0 Å². The number of thioether (sulfide) groups is 1. The minimum atomic E-state index is -0.00718. The Bertz CT molecular complexity index is 556. The van der Waals surface area contributed by atoms with Crippen molar-refractivity contribution in [1.82, 2.24) is 4.90 Å². The van der Waals surface area contributed by atoms with Gasteiger partial charge in [0.1, 0.15) is 0 Å². The molecule has 3 rings (SSSR count). The summed E-state index contributed by atoms with van der Waals surface area (Å²) < 4.78 is 0. The molecule has 0 radical (unpaired) electrons. The molecule has 0 aliphatic carbocycles. The summed E-state index contributed by atoms with van der Waals surface area (Å²) in [6, 6.07) is 8.26. The van der Waals surface area contributed by atoms with Crippen molar-refractivity contribution in [3.05, 3.63) is 29.8 Å². The Morgan fingerprint density at radius 3 is 3.10 bits per heavy atom. The number of aliphatic imine (C=N–C) groups is 1. The molecule has 0 bridgehead atoms. The number of amidine groups is 1. The average Bonchev–Trinajstić information content (AvgIpc) is 2.99. The lowest BCUT2D eigenvalue weighted by Crippen LogP contribution is -2.22. The van der Waals surface area contributed by atoms with E-state index in [9.17, 15) is 4.79 Å². The summed E-state index contributed by atoms with van der Waals surface area (Å²) in [5.41, 5.74) is 2.04. The van der Waals surface area contributed by atoms with Gasteiger partial charge in [-0.25, -0.2) is 0 Å². The molecule has 0 spiro atoms. The number of rotatable bonds is 3. The van der Waals surface area contributed by atoms with Crippen molar-refractivity contribution in [2.45, 2.75) is 19.9 Å². The maximum atomic E-state index is 11.8. The highest BCUT2D eigenvalue weighted by atomic mass is 32.2. The van der Waals surface area contributed by atoms with Crippen molar-refractivity contribution in [3.63, 3.8) is 0 Å². The van der Waals surface area contributed by atoms with E-state index in [1.54, 1.807) is 0 Å². The maximum absolute atomic E-state index is 11.8. The predicted molar refractivity (Wildman–Crippen MR) is 84.1 cm³/mol. The zero-order chi connectivity index (χ0) is 14.1. The van der Waals surface area contributed by atoms with Gasteiger partial charge in [0.05, 0.1) is 6.04 Å². The monoisotopic (exact) mass is 289 g/mol. The Morgan fingerprint density at radius 1 is 1.50 bits per heavy atom. The summed E-state index contributed by atoms with van der Waals surface area (Å²) in [7, 11) is 0. The third-order valence-electron chi connectivity index (χ3n) is 3.59. The summed E-state index contributed by atoms with van der Waals surface area (Å²) in [6.45, 7) is 5.86. The van der Waals surface area contributed by atoms with Gasteiger partial charge in [0, 0.05) is 30.4 Å². The van der Waals surface area contributed by atoms with Crippen molar-refractivity contribution in [2.75, 3.05) is 24.2 Å². The third-order valence-corrected chi connectivity index (χ3v) is 4.59. The Kier molecular flexibility index (Phi) is 3.70. The van der Waals surface area contributed by atoms with Crippen molar-refractivity contribution in [2.24, 2.45) is 10.9 Å². The van der Waals surface area contributed by atoms with E-state index in [0.717, 1.165) is 24.5 Å². The highest BCUT2D eigenvalue weighted by molar-refractivity contribution is 8.14. The summed E-state index contributed by atoms with van der Waals surface area (Å²) in [5, 5.41) is 4.12. The number of nitrogens with one attached hydrogen (secondary N) is 1. The van der Waals surface area contributed by atoms with Crippen molar-refractivity contribution < 1.29 is 4.79 Å². The van der Waals surface area contributed by atoms with Gasteiger partial charge >= 0.3 is 0 Å². The molecule has 0 saturated carbocycles. The van der Waals surface area contributed by atoms with Crippen LogP contribution in [0.1, 0.15) is 25.5 Å². The molecule has 1 unspecified atom stereocenters. The maximum Gasteiger partial charge on any atom is 0.226 e. The number of hydrogen-bond donors (Lipinski definition) is 1. The molecule has 1 aromatic rings. The van der Waals surface area contributed by atoms with Crippen LogP contribution in [0, 0.1) is 5.92 Å². The number of hydrogen-bond acceptors (Lipinski definition) is 4. The zero-order valence-corrected chi connectivity index (χ0v) is 12.6. The lowest BCUT2D eigenvalue weighted by atomic mass is 10.1. The molecule has 1 amide bonds. The van der Waals surface area contributed by atoms with E-state index in [2.05, 4.69) is 16.3 Å². The van der Waals surface area contributed by atoms with Crippen molar-refractivity contribution in [3.8, 4) is 0 Å². The van der Waals surface area contributed by atoms with Crippen LogP contribution in [-0.2, 0) is 4.79 Å². The fourth-order valence-electron chi connectivity index (χ4n) is 2.40. The Hall–Kier alpha value is -1.49. The van der Waals surface area contributed by atoms with Crippen LogP contribution in [0.5, 0.6) is 0 Å². The highest BCUT2D eigenvalue weighted by Gasteiger charge is 2.30. The molecule has 2 aliphatic heterocycles. The largest absolute Gasteiger partial charge is 0.348 e. The van der Waals surface area contributed by atoms with E-state index < -0.39 is 0 Å². The Morgan fingerprint density at radius 2 is 2.35 bits per heavy atom. The minimum Gasteiger partial charge on any atom is -0.348 e. The van der Waals surface area contributed by atoms with E-state index in [-0.39, 0.29) is 17.9 Å². The van der Waals surface area contributed by atoms with Crippen molar-refractivity contribution >= 4 is 28.5 Å². The quantitative estimate of drug-likeness (QED) is 0.930. The van der Waals surface area contributed by atoms with E-state index in [4.69, 9.17) is 4.99 Å². The van der Waals surface area contributed by atoms with E-state index in [0.29, 0.717) is 0 Å². The standard InChI is InChI=1S/C15H19N3OS/c1-10(2)14(19)16-12-5-3-4-11(8-12)13-9-18-6-7-20-15(18)17-13/h3-5,8,10,13H,6-7,9H2,1-2H3,(H,16,19). The molecule has 20 heavy (non-hydrogen) atoms. The smallest absolute Gasteiger partial charge is 0.226 e. The second-order valence-electron chi connectivity index (χ2n) is 5.49. The third kappa shape index (κ3) is 2.68. The lowest BCUT2D eigenvalue weighted by molar-refractivity contribution is -0.118. The zero-order valence-electron chi connectivity index (χ0n) is 11.8. The van der Waals surface area contributed by atoms with Crippen LogP contribution in [0.25, 0.3) is 0 Å². The van der Waals surface area contributed by atoms with Crippen LogP contribution in [-0.4, -0.2) is 34.8 Å². The van der Waals surface area contributed by atoms with Gasteiger partial charge in [0.2, 0.25) is 5.91 Å². The molecule has 4 nitrogen and oxygen atoms in total. The van der Waals surface area contributed by atoms with Gasteiger partial charge in [0.25, 0.3) is 0 Å². The van der Waals surface area contributed by atoms with Crippen molar-refractivity contribution in [1.29, 1.82) is 0 Å².